The van der Waals surface area contributed by atoms with Gasteiger partial charge < -0.3 is 10.2 Å². The zero-order valence-electron chi connectivity index (χ0n) is 13.6. The van der Waals surface area contributed by atoms with Crippen LogP contribution in [0, 0.1) is 41.4 Å². The Labute approximate surface area is 134 Å². The van der Waals surface area contributed by atoms with Crippen LogP contribution in [0.4, 0.5) is 0 Å². The molecule has 0 aromatic heterocycles. The van der Waals surface area contributed by atoms with E-state index in [9.17, 15) is 10.2 Å². The SMILES string of the molecule is C#C[C@]1(O)CC[C@H]2[C@@H]3C=C[C@@]4(O)CCCC[C@@H]4[C@H]3CC[C@@]21C. The number of aliphatic hydroxyl groups is 2. The minimum atomic E-state index is -0.934. The molecule has 0 bridgehead atoms. The lowest BCUT2D eigenvalue weighted by Gasteiger charge is -2.56. The van der Waals surface area contributed by atoms with E-state index in [4.69, 9.17) is 6.42 Å². The Balaban J connectivity index is 1.70. The first kappa shape index (κ1) is 14.8. The fraction of sp³-hybridized carbons (Fsp3) is 0.800. The predicted octanol–water partition coefficient (Wildman–Crippen LogP) is 3.28. The van der Waals surface area contributed by atoms with Crippen molar-refractivity contribution in [2.75, 3.05) is 0 Å². The van der Waals surface area contributed by atoms with E-state index >= 15 is 0 Å². The molecule has 0 aromatic carbocycles. The summed E-state index contributed by atoms with van der Waals surface area (Å²) in [6.07, 6.45) is 18.4. The maximum atomic E-state index is 11.0. The average molecular weight is 300 g/mol. The Morgan fingerprint density at radius 1 is 1.05 bits per heavy atom. The van der Waals surface area contributed by atoms with Crippen LogP contribution < -0.4 is 0 Å². The van der Waals surface area contributed by atoms with Crippen LogP contribution in [-0.4, -0.2) is 21.4 Å². The molecule has 0 aromatic rings. The molecular formula is C20H28O2. The lowest BCUT2D eigenvalue weighted by molar-refractivity contribution is -0.110. The van der Waals surface area contributed by atoms with Crippen molar-refractivity contribution in [2.45, 2.75) is 69.5 Å². The smallest absolute Gasteiger partial charge is 0.130 e. The van der Waals surface area contributed by atoms with Crippen molar-refractivity contribution in [3.8, 4) is 12.3 Å². The highest BCUT2D eigenvalue weighted by atomic mass is 16.3. The van der Waals surface area contributed by atoms with Gasteiger partial charge in [-0.25, -0.2) is 0 Å². The van der Waals surface area contributed by atoms with Crippen LogP contribution in [0.3, 0.4) is 0 Å². The van der Waals surface area contributed by atoms with E-state index in [0.29, 0.717) is 23.7 Å². The first-order valence-electron chi connectivity index (χ1n) is 9.05. The fourth-order valence-corrected chi connectivity index (χ4v) is 6.50. The van der Waals surface area contributed by atoms with Crippen LogP contribution in [0.5, 0.6) is 0 Å². The molecule has 0 unspecified atom stereocenters. The lowest BCUT2D eigenvalue weighted by atomic mass is 9.50. The normalized spacial score (nSPS) is 56.6. The van der Waals surface area contributed by atoms with Gasteiger partial charge in [0, 0.05) is 5.41 Å². The van der Waals surface area contributed by atoms with Crippen LogP contribution in [0.25, 0.3) is 0 Å². The molecule has 0 heterocycles. The van der Waals surface area contributed by atoms with E-state index in [0.717, 1.165) is 44.9 Å². The molecule has 2 N–H and O–H groups in total. The second kappa shape index (κ2) is 4.62. The third kappa shape index (κ3) is 1.70. The number of hydrogen-bond acceptors (Lipinski definition) is 2. The highest BCUT2D eigenvalue weighted by molar-refractivity contribution is 5.26. The van der Waals surface area contributed by atoms with E-state index in [1.807, 2.05) is 0 Å². The Hall–Kier alpha value is -0.780. The Morgan fingerprint density at radius 3 is 2.64 bits per heavy atom. The van der Waals surface area contributed by atoms with E-state index in [1.54, 1.807) is 0 Å². The fourth-order valence-electron chi connectivity index (χ4n) is 6.50. The van der Waals surface area contributed by atoms with Crippen molar-refractivity contribution < 1.29 is 10.2 Å². The van der Waals surface area contributed by atoms with E-state index in [2.05, 4.69) is 25.0 Å². The molecule has 0 amide bonds. The Morgan fingerprint density at radius 2 is 1.86 bits per heavy atom. The molecule has 4 aliphatic carbocycles. The minimum Gasteiger partial charge on any atom is -0.385 e. The number of allylic oxidation sites excluding steroid dienone is 1. The standard InChI is InChI=1S/C20H28O2/c1-3-20(22)13-9-16-14-8-12-19(21)10-5-4-6-17(19)15(14)7-11-18(16,20)2/h1,8,12,14-17,21-22H,4-7,9-11,13H2,2H3/t14-,15+,16+,17-,18+,19+,20+/m1/s1. The van der Waals surface area contributed by atoms with Gasteiger partial charge in [0.05, 0.1) is 5.60 Å². The molecule has 22 heavy (non-hydrogen) atoms. The van der Waals surface area contributed by atoms with Crippen molar-refractivity contribution in [3.05, 3.63) is 12.2 Å². The summed E-state index contributed by atoms with van der Waals surface area (Å²) in [5.74, 6) is 4.67. The van der Waals surface area contributed by atoms with E-state index < -0.39 is 11.2 Å². The third-order valence-corrected chi connectivity index (χ3v) is 7.88. The van der Waals surface area contributed by atoms with Gasteiger partial charge in [0.1, 0.15) is 5.60 Å². The van der Waals surface area contributed by atoms with Crippen LogP contribution in [0.2, 0.25) is 0 Å². The average Bonchev–Trinajstić information content (AvgIpc) is 2.79. The van der Waals surface area contributed by atoms with Gasteiger partial charge in [0.25, 0.3) is 0 Å². The Bertz CT molecular complexity index is 546. The van der Waals surface area contributed by atoms with Gasteiger partial charge in [-0.15, -0.1) is 6.42 Å². The molecule has 0 aliphatic heterocycles. The molecule has 0 saturated heterocycles. The van der Waals surface area contributed by atoms with Gasteiger partial charge in [0.2, 0.25) is 0 Å². The third-order valence-electron chi connectivity index (χ3n) is 7.88. The van der Waals surface area contributed by atoms with Crippen molar-refractivity contribution in [2.24, 2.45) is 29.1 Å². The molecule has 7 atom stereocenters. The second-order valence-electron chi connectivity index (χ2n) is 8.55. The zero-order chi connectivity index (χ0) is 15.6. The van der Waals surface area contributed by atoms with Gasteiger partial charge >= 0.3 is 0 Å². The Kier molecular flexibility index (Phi) is 3.10. The molecule has 2 nitrogen and oxygen atoms in total. The summed E-state index contributed by atoms with van der Waals surface area (Å²) in [6.45, 7) is 2.20. The summed E-state index contributed by atoms with van der Waals surface area (Å²) in [4.78, 5) is 0. The van der Waals surface area contributed by atoms with Crippen molar-refractivity contribution in [1.82, 2.24) is 0 Å². The number of rotatable bonds is 0. The molecule has 0 radical (unpaired) electrons. The topological polar surface area (TPSA) is 40.5 Å². The van der Waals surface area contributed by atoms with Gasteiger partial charge in [-0.1, -0.05) is 37.8 Å². The molecule has 120 valence electrons. The lowest BCUT2D eigenvalue weighted by Crippen LogP contribution is -2.55. The maximum absolute atomic E-state index is 11.0. The maximum Gasteiger partial charge on any atom is 0.130 e. The van der Waals surface area contributed by atoms with Crippen LogP contribution in [0.1, 0.15) is 58.3 Å². The molecule has 0 spiro atoms. The second-order valence-corrected chi connectivity index (χ2v) is 8.55. The first-order chi connectivity index (χ1) is 10.4. The van der Waals surface area contributed by atoms with Gasteiger partial charge in [-0.2, -0.15) is 0 Å². The van der Waals surface area contributed by atoms with Crippen LogP contribution in [-0.2, 0) is 0 Å². The van der Waals surface area contributed by atoms with Crippen LogP contribution in [0.15, 0.2) is 12.2 Å². The van der Waals surface area contributed by atoms with E-state index in [1.165, 1.54) is 6.42 Å². The number of hydrogen-bond donors (Lipinski definition) is 2. The molecule has 4 rings (SSSR count). The first-order valence-corrected chi connectivity index (χ1v) is 9.05. The van der Waals surface area contributed by atoms with Gasteiger partial charge in [-0.05, 0) is 62.2 Å². The minimum absolute atomic E-state index is 0.155. The number of fused-ring (bicyclic) bond motifs is 5. The summed E-state index contributed by atoms with van der Waals surface area (Å²) in [6, 6.07) is 0. The largest absolute Gasteiger partial charge is 0.385 e. The number of terminal acetylenes is 1. The summed E-state index contributed by atoms with van der Waals surface area (Å²) >= 11 is 0. The molecule has 2 heteroatoms. The highest BCUT2D eigenvalue weighted by Crippen LogP contribution is 2.64. The van der Waals surface area contributed by atoms with Crippen LogP contribution >= 0.6 is 0 Å². The molecule has 4 aliphatic rings. The highest BCUT2D eigenvalue weighted by Gasteiger charge is 2.62. The zero-order valence-corrected chi connectivity index (χ0v) is 13.6. The van der Waals surface area contributed by atoms with Gasteiger partial charge in [0.15, 0.2) is 0 Å². The quantitative estimate of drug-likeness (QED) is 0.532. The summed E-state index contributed by atoms with van der Waals surface area (Å²) in [7, 11) is 0. The predicted molar refractivity (Wildman–Crippen MR) is 86.9 cm³/mol. The van der Waals surface area contributed by atoms with Crippen molar-refractivity contribution in [3.63, 3.8) is 0 Å². The van der Waals surface area contributed by atoms with Crippen molar-refractivity contribution in [1.29, 1.82) is 0 Å². The summed E-state index contributed by atoms with van der Waals surface area (Å²) in [5, 5.41) is 21.9. The van der Waals surface area contributed by atoms with Gasteiger partial charge in [-0.3, -0.25) is 0 Å². The molecule has 3 saturated carbocycles. The van der Waals surface area contributed by atoms with Crippen molar-refractivity contribution >= 4 is 0 Å². The summed E-state index contributed by atoms with van der Waals surface area (Å²) in [5.41, 5.74) is -1.65. The molecular weight excluding hydrogens is 272 g/mol. The monoisotopic (exact) mass is 300 g/mol. The summed E-state index contributed by atoms with van der Waals surface area (Å²) < 4.78 is 0. The molecule has 3 fully saturated rings. The van der Waals surface area contributed by atoms with E-state index in [-0.39, 0.29) is 5.41 Å².